The Bertz CT molecular complexity index is 430. The molecule has 2 saturated carbocycles. The second-order valence-electron chi connectivity index (χ2n) is 7.34. The zero-order chi connectivity index (χ0) is 13.4. The first-order valence-corrected chi connectivity index (χ1v) is 8.70. The Morgan fingerprint density at radius 1 is 0.900 bits per heavy atom. The fraction of sp³-hybridized carbons (Fsp3) is 0.684. The molecule has 1 heteroatoms. The maximum atomic E-state index is 3.94. The van der Waals surface area contributed by atoms with E-state index in [-0.39, 0.29) is 0 Å². The first-order chi connectivity index (χ1) is 9.90. The van der Waals surface area contributed by atoms with Crippen LogP contribution in [0.15, 0.2) is 24.3 Å². The largest absolute Gasteiger partial charge is 0.313 e. The molecule has 1 aromatic carbocycles. The summed E-state index contributed by atoms with van der Waals surface area (Å²) >= 11 is 0. The zero-order valence-corrected chi connectivity index (χ0v) is 12.5. The fourth-order valence-electron chi connectivity index (χ4n) is 4.55. The lowest BCUT2D eigenvalue weighted by Crippen LogP contribution is -2.38. The summed E-state index contributed by atoms with van der Waals surface area (Å²) in [6.07, 6.45) is 11.4. The lowest BCUT2D eigenvalue weighted by molar-refractivity contribution is 0.339. The zero-order valence-electron chi connectivity index (χ0n) is 12.5. The predicted octanol–water partition coefficient (Wildman–Crippen LogP) is 3.96. The first kappa shape index (κ1) is 12.9. The van der Waals surface area contributed by atoms with E-state index in [0.717, 1.165) is 23.8 Å². The molecule has 0 saturated heterocycles. The van der Waals surface area contributed by atoms with Crippen molar-refractivity contribution in [3.8, 4) is 0 Å². The minimum absolute atomic E-state index is 0.793. The van der Waals surface area contributed by atoms with Crippen LogP contribution < -0.4 is 5.32 Å². The Labute approximate surface area is 123 Å². The summed E-state index contributed by atoms with van der Waals surface area (Å²) < 4.78 is 0. The Hall–Kier alpha value is -0.820. The minimum atomic E-state index is 0.793. The van der Waals surface area contributed by atoms with Gasteiger partial charge in [-0.15, -0.1) is 0 Å². The highest BCUT2D eigenvalue weighted by atomic mass is 14.9. The van der Waals surface area contributed by atoms with Crippen LogP contribution in [0, 0.1) is 17.8 Å². The molecule has 3 aliphatic rings. The van der Waals surface area contributed by atoms with Crippen molar-refractivity contribution in [1.29, 1.82) is 0 Å². The molecule has 1 N–H and O–H groups in total. The van der Waals surface area contributed by atoms with E-state index in [1.807, 2.05) is 0 Å². The molecular formula is C19H27N. The molecule has 2 bridgehead atoms. The highest BCUT2D eigenvalue weighted by molar-refractivity contribution is 5.30. The average Bonchev–Trinajstić information content (AvgIpc) is 3.21. The fourth-order valence-corrected chi connectivity index (χ4v) is 4.55. The predicted molar refractivity (Wildman–Crippen MR) is 83.8 cm³/mol. The topological polar surface area (TPSA) is 12.0 Å². The van der Waals surface area contributed by atoms with Crippen LogP contribution >= 0.6 is 0 Å². The molecule has 1 nitrogen and oxygen atoms in total. The van der Waals surface area contributed by atoms with Crippen molar-refractivity contribution in [3.05, 3.63) is 35.4 Å². The summed E-state index contributed by atoms with van der Waals surface area (Å²) in [5.74, 6) is 2.88. The highest BCUT2D eigenvalue weighted by Gasteiger charge is 2.38. The van der Waals surface area contributed by atoms with Gasteiger partial charge >= 0.3 is 0 Å². The van der Waals surface area contributed by atoms with Gasteiger partial charge in [0, 0.05) is 6.04 Å². The molecule has 20 heavy (non-hydrogen) atoms. The third-order valence-electron chi connectivity index (χ3n) is 5.87. The molecule has 2 unspecified atom stereocenters. The van der Waals surface area contributed by atoms with E-state index >= 15 is 0 Å². The van der Waals surface area contributed by atoms with Crippen LogP contribution in [0.2, 0.25) is 0 Å². The van der Waals surface area contributed by atoms with Gasteiger partial charge in [0.25, 0.3) is 0 Å². The quantitative estimate of drug-likeness (QED) is 0.798. The number of nitrogens with one attached hydrogen (secondary N) is 1. The molecule has 1 aromatic rings. The first-order valence-electron chi connectivity index (χ1n) is 8.70. The van der Waals surface area contributed by atoms with Crippen molar-refractivity contribution in [3.63, 3.8) is 0 Å². The summed E-state index contributed by atoms with van der Waals surface area (Å²) in [4.78, 5) is 0. The molecule has 4 rings (SSSR count). The van der Waals surface area contributed by atoms with Gasteiger partial charge in [0.1, 0.15) is 0 Å². The molecule has 3 aliphatic carbocycles. The van der Waals surface area contributed by atoms with Crippen molar-refractivity contribution in [2.45, 2.75) is 57.4 Å². The van der Waals surface area contributed by atoms with Crippen LogP contribution in [0.1, 0.15) is 49.7 Å². The summed E-state index contributed by atoms with van der Waals surface area (Å²) in [5.41, 5.74) is 3.26. The van der Waals surface area contributed by atoms with Gasteiger partial charge in [0.15, 0.2) is 0 Å². The molecule has 2 atom stereocenters. The Kier molecular flexibility index (Phi) is 3.56. The summed E-state index contributed by atoms with van der Waals surface area (Å²) in [6, 6.07) is 9.95. The Morgan fingerprint density at radius 2 is 1.55 bits per heavy atom. The van der Waals surface area contributed by atoms with E-state index in [1.165, 1.54) is 57.9 Å². The third-order valence-corrected chi connectivity index (χ3v) is 5.87. The second kappa shape index (κ2) is 5.52. The van der Waals surface area contributed by atoms with Crippen molar-refractivity contribution in [1.82, 2.24) is 5.32 Å². The standard InChI is InChI=1S/C19H27N/c1-2-6-16-13-18-10-9-17(12-15(16)5-1)19(18)20-11-3-4-14-7-8-14/h1-2,5-6,14,17-20H,3-4,7-13H2. The average molecular weight is 269 g/mol. The normalized spacial score (nSPS) is 31.9. The van der Waals surface area contributed by atoms with Gasteiger partial charge in [-0.3, -0.25) is 0 Å². The van der Waals surface area contributed by atoms with Crippen LogP contribution in [-0.4, -0.2) is 12.6 Å². The molecule has 0 heterocycles. The molecule has 0 amide bonds. The van der Waals surface area contributed by atoms with Crippen molar-refractivity contribution >= 4 is 0 Å². The molecular weight excluding hydrogens is 242 g/mol. The van der Waals surface area contributed by atoms with E-state index in [0.29, 0.717) is 0 Å². The van der Waals surface area contributed by atoms with Gasteiger partial charge in [0.05, 0.1) is 0 Å². The summed E-state index contributed by atoms with van der Waals surface area (Å²) in [6.45, 7) is 1.25. The van der Waals surface area contributed by atoms with Gasteiger partial charge in [-0.05, 0) is 74.0 Å². The molecule has 0 aromatic heterocycles. The maximum Gasteiger partial charge on any atom is 0.0130 e. The molecule has 0 aliphatic heterocycles. The van der Waals surface area contributed by atoms with Crippen LogP contribution in [0.25, 0.3) is 0 Å². The Morgan fingerprint density at radius 3 is 2.15 bits per heavy atom. The SMILES string of the molecule is c1ccc2c(c1)CC1CCC(C2)C1NCCCC1CC1. The Balaban J connectivity index is 1.38. The number of fused-ring (bicyclic) bond motifs is 3. The maximum absolute atomic E-state index is 3.94. The van der Waals surface area contributed by atoms with E-state index in [2.05, 4.69) is 29.6 Å². The lowest BCUT2D eigenvalue weighted by atomic mass is 9.94. The van der Waals surface area contributed by atoms with Crippen LogP contribution in [0.4, 0.5) is 0 Å². The van der Waals surface area contributed by atoms with E-state index < -0.39 is 0 Å². The van der Waals surface area contributed by atoms with Gasteiger partial charge in [-0.1, -0.05) is 37.1 Å². The summed E-state index contributed by atoms with van der Waals surface area (Å²) in [7, 11) is 0. The molecule has 0 radical (unpaired) electrons. The third kappa shape index (κ3) is 2.65. The summed E-state index contributed by atoms with van der Waals surface area (Å²) in [5, 5.41) is 3.94. The molecule has 108 valence electrons. The van der Waals surface area contributed by atoms with E-state index in [4.69, 9.17) is 0 Å². The van der Waals surface area contributed by atoms with E-state index in [1.54, 1.807) is 11.1 Å². The van der Waals surface area contributed by atoms with Crippen molar-refractivity contribution in [2.24, 2.45) is 17.8 Å². The monoisotopic (exact) mass is 269 g/mol. The minimum Gasteiger partial charge on any atom is -0.313 e. The van der Waals surface area contributed by atoms with Crippen LogP contribution in [-0.2, 0) is 12.8 Å². The van der Waals surface area contributed by atoms with Crippen molar-refractivity contribution in [2.75, 3.05) is 6.54 Å². The van der Waals surface area contributed by atoms with Gasteiger partial charge in [0.2, 0.25) is 0 Å². The van der Waals surface area contributed by atoms with Gasteiger partial charge < -0.3 is 5.32 Å². The number of hydrogen-bond donors (Lipinski definition) is 1. The molecule has 2 fully saturated rings. The van der Waals surface area contributed by atoms with Crippen LogP contribution in [0.3, 0.4) is 0 Å². The van der Waals surface area contributed by atoms with Crippen LogP contribution in [0.5, 0.6) is 0 Å². The highest BCUT2D eigenvalue weighted by Crippen LogP contribution is 2.40. The molecule has 0 spiro atoms. The van der Waals surface area contributed by atoms with Gasteiger partial charge in [-0.25, -0.2) is 0 Å². The lowest BCUT2D eigenvalue weighted by Gasteiger charge is -2.23. The van der Waals surface area contributed by atoms with Gasteiger partial charge in [-0.2, -0.15) is 0 Å². The van der Waals surface area contributed by atoms with E-state index in [9.17, 15) is 0 Å². The van der Waals surface area contributed by atoms with Crippen molar-refractivity contribution < 1.29 is 0 Å². The number of benzene rings is 1. The number of hydrogen-bond acceptors (Lipinski definition) is 1. The number of rotatable bonds is 5. The second-order valence-corrected chi connectivity index (χ2v) is 7.34. The smallest absolute Gasteiger partial charge is 0.0130 e.